The van der Waals surface area contributed by atoms with Gasteiger partial charge in [-0.3, -0.25) is 0 Å². The molecule has 2 aromatic heterocycles. The number of rotatable bonds is 0. The van der Waals surface area contributed by atoms with Crippen LogP contribution in [0.25, 0.3) is 54.1 Å². The van der Waals surface area contributed by atoms with E-state index in [2.05, 4.69) is 0 Å². The maximum atomic E-state index is 13.4. The molecule has 2 nitrogen and oxygen atoms in total. The molecule has 34 heavy (non-hydrogen) atoms. The van der Waals surface area contributed by atoms with Crippen molar-refractivity contribution < 1.29 is 26.3 Å². The van der Waals surface area contributed by atoms with E-state index in [1.54, 1.807) is 24.3 Å². The third-order valence-corrected chi connectivity index (χ3v) is 6.74. The van der Waals surface area contributed by atoms with Crippen LogP contribution in [0.5, 0.6) is 0 Å². The van der Waals surface area contributed by atoms with Crippen LogP contribution in [-0.2, 0) is 26.4 Å². The van der Waals surface area contributed by atoms with Gasteiger partial charge in [-0.1, -0.05) is 24.3 Å². The van der Waals surface area contributed by atoms with Gasteiger partial charge in [0.25, 0.3) is 0 Å². The van der Waals surface area contributed by atoms with E-state index in [4.69, 9.17) is 0 Å². The summed E-state index contributed by atoms with van der Waals surface area (Å²) in [6.07, 6.45) is -8.93. The molecule has 0 aliphatic heterocycles. The number of nitrogens with zero attached hydrogens (tertiary/aromatic N) is 2. The third kappa shape index (κ3) is 2.84. The first-order chi connectivity index (χ1) is 15.9. The summed E-state index contributed by atoms with van der Waals surface area (Å²) >= 11 is 0. The Morgan fingerprint density at radius 3 is 1.21 bits per heavy atom. The summed E-state index contributed by atoms with van der Waals surface area (Å²) in [5.74, 6) is 0. The fourth-order valence-corrected chi connectivity index (χ4v) is 5.08. The standard InChI is InChI=1S/C26H16F6N2/c1-33-21-9-13-3-5-18-17(19(13)7-15(21)11-23(33)25(27,28)29)6-4-14-10-22-16(8-20(14)18)12-24(34(22)2)26(30,31)32/h3-12H,1-2H3. The average Bonchev–Trinajstić information content (AvgIpc) is 3.27. The molecule has 0 aliphatic rings. The van der Waals surface area contributed by atoms with E-state index in [1.807, 2.05) is 24.3 Å². The van der Waals surface area contributed by atoms with Crippen LogP contribution < -0.4 is 0 Å². The predicted molar refractivity (Wildman–Crippen MR) is 122 cm³/mol. The van der Waals surface area contributed by atoms with Crippen LogP contribution in [-0.4, -0.2) is 9.13 Å². The van der Waals surface area contributed by atoms with Gasteiger partial charge in [0.1, 0.15) is 11.4 Å². The second-order valence-corrected chi connectivity index (χ2v) is 8.66. The van der Waals surface area contributed by atoms with Crippen molar-refractivity contribution in [2.24, 2.45) is 14.1 Å². The van der Waals surface area contributed by atoms with Crippen LogP contribution in [0.2, 0.25) is 0 Å². The van der Waals surface area contributed by atoms with Gasteiger partial charge in [0, 0.05) is 35.9 Å². The Hall–Kier alpha value is -3.68. The van der Waals surface area contributed by atoms with Crippen LogP contribution in [0, 0.1) is 0 Å². The van der Waals surface area contributed by atoms with Crippen LogP contribution in [0.1, 0.15) is 11.4 Å². The van der Waals surface area contributed by atoms with Gasteiger partial charge in [0.15, 0.2) is 0 Å². The lowest BCUT2D eigenvalue weighted by Crippen LogP contribution is -2.10. The van der Waals surface area contributed by atoms with Crippen LogP contribution in [0.4, 0.5) is 26.3 Å². The Kier molecular flexibility index (Phi) is 3.97. The van der Waals surface area contributed by atoms with Gasteiger partial charge in [0.2, 0.25) is 0 Å². The summed E-state index contributed by atoms with van der Waals surface area (Å²) in [5.41, 5.74) is -0.490. The molecule has 8 heteroatoms. The minimum absolute atomic E-state index is 0.475. The highest BCUT2D eigenvalue weighted by atomic mass is 19.4. The average molecular weight is 470 g/mol. The number of hydrogen-bond acceptors (Lipinski definition) is 0. The highest BCUT2D eigenvalue weighted by Crippen LogP contribution is 2.39. The van der Waals surface area contributed by atoms with Gasteiger partial charge in [-0.05, 0) is 68.7 Å². The zero-order chi connectivity index (χ0) is 24.2. The lowest BCUT2D eigenvalue weighted by molar-refractivity contribution is -0.143. The van der Waals surface area contributed by atoms with E-state index < -0.39 is 23.7 Å². The maximum absolute atomic E-state index is 13.4. The van der Waals surface area contributed by atoms with E-state index in [0.717, 1.165) is 53.6 Å². The molecule has 6 aromatic rings. The minimum atomic E-state index is -4.46. The Balaban J connectivity index is 1.66. The molecule has 172 valence electrons. The molecule has 0 radical (unpaired) electrons. The highest BCUT2D eigenvalue weighted by molar-refractivity contribution is 6.20. The molecule has 0 bridgehead atoms. The van der Waals surface area contributed by atoms with E-state index >= 15 is 0 Å². The molecule has 0 fully saturated rings. The van der Waals surface area contributed by atoms with Gasteiger partial charge in [0.05, 0.1) is 0 Å². The summed E-state index contributed by atoms with van der Waals surface area (Å²) in [6.45, 7) is 0. The fraction of sp³-hybridized carbons (Fsp3) is 0.154. The summed E-state index contributed by atoms with van der Waals surface area (Å²) < 4.78 is 82.7. The van der Waals surface area contributed by atoms with Crippen molar-refractivity contribution >= 4 is 54.1 Å². The molecule has 2 heterocycles. The summed E-state index contributed by atoms with van der Waals surface area (Å²) in [6, 6.07) is 16.7. The zero-order valence-electron chi connectivity index (χ0n) is 17.9. The second-order valence-electron chi connectivity index (χ2n) is 8.66. The smallest absolute Gasteiger partial charge is 0.340 e. The third-order valence-electron chi connectivity index (χ3n) is 6.74. The molecular formula is C26H16F6N2. The minimum Gasteiger partial charge on any atom is -0.340 e. The van der Waals surface area contributed by atoms with Gasteiger partial charge in [-0.2, -0.15) is 26.3 Å². The number of hydrogen-bond donors (Lipinski definition) is 0. The number of benzene rings is 4. The molecular weight excluding hydrogens is 454 g/mol. The SMILES string of the molecule is Cn1c(C(F)(F)F)cc2cc3c(ccc4c5cc6cc(C(F)(F)F)n(C)c6cc5ccc34)cc21. The van der Waals surface area contributed by atoms with E-state index in [1.165, 1.54) is 14.1 Å². The van der Waals surface area contributed by atoms with Crippen molar-refractivity contribution in [3.8, 4) is 0 Å². The van der Waals surface area contributed by atoms with E-state index in [9.17, 15) is 26.3 Å². The molecule has 0 spiro atoms. The zero-order valence-corrected chi connectivity index (χ0v) is 17.9. The van der Waals surface area contributed by atoms with E-state index in [-0.39, 0.29) is 0 Å². The van der Waals surface area contributed by atoms with Crippen molar-refractivity contribution in [1.29, 1.82) is 0 Å². The molecule has 0 saturated carbocycles. The summed E-state index contributed by atoms with van der Waals surface area (Å²) in [5, 5.41) is 5.76. The first-order valence-electron chi connectivity index (χ1n) is 10.5. The number of halogens is 6. The largest absolute Gasteiger partial charge is 0.431 e. The molecule has 0 unspecified atom stereocenters. The summed E-state index contributed by atoms with van der Waals surface area (Å²) in [7, 11) is 2.79. The Labute approximate surface area is 188 Å². The van der Waals surface area contributed by atoms with Crippen molar-refractivity contribution in [3.63, 3.8) is 0 Å². The first kappa shape index (κ1) is 20.9. The van der Waals surface area contributed by atoms with Crippen LogP contribution in [0.3, 0.4) is 0 Å². The number of aryl methyl sites for hydroxylation is 2. The quantitative estimate of drug-likeness (QED) is 0.157. The lowest BCUT2D eigenvalue weighted by Gasteiger charge is -2.10. The van der Waals surface area contributed by atoms with Crippen molar-refractivity contribution in [3.05, 3.63) is 72.1 Å². The predicted octanol–water partition coefficient (Wildman–Crippen LogP) is 8.17. The lowest BCUT2D eigenvalue weighted by atomic mass is 9.95. The Morgan fingerprint density at radius 1 is 0.471 bits per heavy atom. The van der Waals surface area contributed by atoms with Crippen LogP contribution >= 0.6 is 0 Å². The maximum Gasteiger partial charge on any atom is 0.431 e. The number of alkyl halides is 6. The molecule has 0 atom stereocenters. The highest BCUT2D eigenvalue weighted by Gasteiger charge is 2.35. The van der Waals surface area contributed by atoms with Gasteiger partial charge >= 0.3 is 12.4 Å². The molecule has 4 aromatic carbocycles. The summed E-state index contributed by atoms with van der Waals surface area (Å²) in [4.78, 5) is 0. The van der Waals surface area contributed by atoms with E-state index in [0.29, 0.717) is 21.8 Å². The normalized spacial score (nSPS) is 13.3. The van der Waals surface area contributed by atoms with Gasteiger partial charge in [-0.15, -0.1) is 0 Å². The number of fused-ring (bicyclic) bond motifs is 7. The molecule has 6 rings (SSSR count). The number of aromatic nitrogens is 2. The van der Waals surface area contributed by atoms with Crippen LogP contribution in [0.15, 0.2) is 60.7 Å². The second kappa shape index (κ2) is 6.46. The molecule has 0 saturated heterocycles. The fourth-order valence-electron chi connectivity index (χ4n) is 5.08. The molecule has 0 N–H and O–H groups in total. The topological polar surface area (TPSA) is 9.86 Å². The first-order valence-corrected chi connectivity index (χ1v) is 10.5. The Bertz CT molecular complexity index is 1660. The van der Waals surface area contributed by atoms with Gasteiger partial charge in [-0.25, -0.2) is 0 Å². The Morgan fingerprint density at radius 2 is 0.853 bits per heavy atom. The molecule has 0 aliphatic carbocycles. The van der Waals surface area contributed by atoms with Gasteiger partial charge < -0.3 is 9.13 Å². The molecule has 0 amide bonds. The van der Waals surface area contributed by atoms with Crippen molar-refractivity contribution in [2.45, 2.75) is 12.4 Å². The monoisotopic (exact) mass is 470 g/mol. The van der Waals surface area contributed by atoms with Crippen molar-refractivity contribution in [2.75, 3.05) is 0 Å². The van der Waals surface area contributed by atoms with Crippen molar-refractivity contribution in [1.82, 2.24) is 9.13 Å².